The van der Waals surface area contributed by atoms with E-state index in [2.05, 4.69) is 16.8 Å². The number of aromatic nitrogens is 1. The molecular formula is C14H19N3OS. The van der Waals surface area contributed by atoms with Crippen LogP contribution < -0.4 is 5.73 Å². The Morgan fingerprint density at radius 2 is 2.53 bits per heavy atom. The van der Waals surface area contributed by atoms with E-state index in [0.717, 1.165) is 36.1 Å². The van der Waals surface area contributed by atoms with Crippen LogP contribution in [-0.4, -0.2) is 29.0 Å². The number of oxazole rings is 1. The molecule has 1 saturated heterocycles. The quantitative estimate of drug-likeness (QED) is 0.933. The van der Waals surface area contributed by atoms with Gasteiger partial charge in [0.05, 0.1) is 10.6 Å². The lowest BCUT2D eigenvalue weighted by Gasteiger charge is -2.16. The van der Waals surface area contributed by atoms with E-state index in [-0.39, 0.29) is 6.04 Å². The van der Waals surface area contributed by atoms with Crippen LogP contribution in [-0.2, 0) is 6.54 Å². The highest BCUT2D eigenvalue weighted by Crippen LogP contribution is 2.25. The summed E-state index contributed by atoms with van der Waals surface area (Å²) in [5.41, 5.74) is 6.97. The summed E-state index contributed by atoms with van der Waals surface area (Å²) >= 11 is 1.65. The van der Waals surface area contributed by atoms with Crippen molar-refractivity contribution >= 4 is 11.3 Å². The van der Waals surface area contributed by atoms with Crippen LogP contribution in [0, 0.1) is 5.92 Å². The summed E-state index contributed by atoms with van der Waals surface area (Å²) in [5, 5.41) is 2.03. The van der Waals surface area contributed by atoms with Gasteiger partial charge in [-0.15, -0.1) is 11.3 Å². The normalized spacial score (nSPS) is 21.9. The maximum absolute atomic E-state index is 5.96. The second-order valence-corrected chi connectivity index (χ2v) is 6.21. The molecule has 0 aliphatic carbocycles. The van der Waals surface area contributed by atoms with E-state index < -0.39 is 0 Å². The monoisotopic (exact) mass is 277 g/mol. The van der Waals surface area contributed by atoms with Crippen LogP contribution in [0.25, 0.3) is 10.8 Å². The molecule has 0 saturated carbocycles. The molecule has 2 aromatic heterocycles. The number of nitrogens with two attached hydrogens (primary N) is 1. The summed E-state index contributed by atoms with van der Waals surface area (Å²) in [4.78, 5) is 8.05. The van der Waals surface area contributed by atoms with Crippen molar-refractivity contribution in [2.24, 2.45) is 11.7 Å². The zero-order valence-electron chi connectivity index (χ0n) is 11.1. The third kappa shape index (κ3) is 2.88. The van der Waals surface area contributed by atoms with Gasteiger partial charge in [-0.3, -0.25) is 4.90 Å². The first-order chi connectivity index (χ1) is 9.22. The van der Waals surface area contributed by atoms with E-state index >= 15 is 0 Å². The van der Waals surface area contributed by atoms with E-state index in [1.807, 2.05) is 17.5 Å². The number of nitrogens with zero attached hydrogens (tertiary/aromatic N) is 2. The van der Waals surface area contributed by atoms with Crippen molar-refractivity contribution in [2.45, 2.75) is 25.9 Å². The lowest BCUT2D eigenvalue weighted by atomic mass is 10.0. The molecular weight excluding hydrogens is 258 g/mol. The molecule has 3 heterocycles. The van der Waals surface area contributed by atoms with Gasteiger partial charge in [-0.05, 0) is 37.3 Å². The SMILES string of the molecule is CC(N)C1CCN(Cc2coc(-c3cccs3)n2)C1. The molecule has 2 aromatic rings. The molecule has 0 aromatic carbocycles. The Kier molecular flexibility index (Phi) is 3.68. The molecule has 0 spiro atoms. The Morgan fingerprint density at radius 3 is 3.21 bits per heavy atom. The molecule has 0 amide bonds. The van der Waals surface area contributed by atoms with Gasteiger partial charge in [-0.1, -0.05) is 6.07 Å². The second-order valence-electron chi connectivity index (χ2n) is 5.26. The molecule has 0 bridgehead atoms. The van der Waals surface area contributed by atoms with Crippen molar-refractivity contribution in [1.29, 1.82) is 0 Å². The van der Waals surface area contributed by atoms with Crippen LogP contribution in [0.3, 0.4) is 0 Å². The maximum Gasteiger partial charge on any atom is 0.236 e. The molecule has 2 atom stereocenters. The molecule has 1 fully saturated rings. The maximum atomic E-state index is 5.96. The zero-order valence-corrected chi connectivity index (χ0v) is 11.9. The highest BCUT2D eigenvalue weighted by molar-refractivity contribution is 7.13. The average Bonchev–Trinajstić information content (AvgIpc) is 3.09. The van der Waals surface area contributed by atoms with Crippen molar-refractivity contribution in [3.05, 3.63) is 29.5 Å². The van der Waals surface area contributed by atoms with Crippen molar-refractivity contribution in [2.75, 3.05) is 13.1 Å². The van der Waals surface area contributed by atoms with E-state index in [1.54, 1.807) is 17.6 Å². The third-order valence-corrected chi connectivity index (χ3v) is 4.58. The minimum Gasteiger partial charge on any atom is -0.444 e. The molecule has 1 aliphatic heterocycles. The molecule has 4 nitrogen and oxygen atoms in total. The van der Waals surface area contributed by atoms with Crippen molar-refractivity contribution in [1.82, 2.24) is 9.88 Å². The molecule has 3 rings (SSSR count). The van der Waals surface area contributed by atoms with Gasteiger partial charge in [0.25, 0.3) is 0 Å². The summed E-state index contributed by atoms with van der Waals surface area (Å²) in [5.74, 6) is 1.34. The Morgan fingerprint density at radius 1 is 1.63 bits per heavy atom. The van der Waals surface area contributed by atoms with Crippen LogP contribution in [0.1, 0.15) is 19.0 Å². The zero-order chi connectivity index (χ0) is 13.2. The number of rotatable bonds is 4. The number of hydrogen-bond acceptors (Lipinski definition) is 5. The predicted octanol–water partition coefficient (Wildman–Crippen LogP) is 2.57. The first kappa shape index (κ1) is 12.8. The molecule has 2 unspecified atom stereocenters. The minimum atomic E-state index is 0.281. The largest absolute Gasteiger partial charge is 0.444 e. The van der Waals surface area contributed by atoms with Crippen molar-refractivity contribution < 1.29 is 4.42 Å². The van der Waals surface area contributed by atoms with Gasteiger partial charge in [0.1, 0.15) is 6.26 Å². The fourth-order valence-corrected chi connectivity index (χ4v) is 3.21. The highest BCUT2D eigenvalue weighted by Gasteiger charge is 2.25. The van der Waals surface area contributed by atoms with Gasteiger partial charge in [0, 0.05) is 19.1 Å². The summed E-state index contributed by atoms with van der Waals surface area (Å²) in [6.45, 7) is 5.13. The first-order valence-electron chi connectivity index (χ1n) is 6.68. The fraction of sp³-hybridized carbons (Fsp3) is 0.500. The van der Waals surface area contributed by atoms with Crippen LogP contribution in [0.15, 0.2) is 28.2 Å². The average molecular weight is 277 g/mol. The Balaban J connectivity index is 1.62. The smallest absolute Gasteiger partial charge is 0.236 e. The van der Waals surface area contributed by atoms with Gasteiger partial charge in [0.2, 0.25) is 5.89 Å². The topological polar surface area (TPSA) is 55.3 Å². The Hall–Kier alpha value is -1.17. The molecule has 5 heteroatoms. The number of likely N-dealkylation sites (tertiary alicyclic amines) is 1. The lowest BCUT2D eigenvalue weighted by molar-refractivity contribution is 0.305. The Labute approximate surface area is 117 Å². The van der Waals surface area contributed by atoms with E-state index in [4.69, 9.17) is 10.2 Å². The highest BCUT2D eigenvalue weighted by atomic mass is 32.1. The summed E-state index contributed by atoms with van der Waals surface area (Å²) in [6, 6.07) is 4.32. The third-order valence-electron chi connectivity index (χ3n) is 3.72. The molecule has 0 radical (unpaired) electrons. The lowest BCUT2D eigenvalue weighted by Crippen LogP contribution is -2.29. The van der Waals surface area contributed by atoms with Crippen LogP contribution in [0.5, 0.6) is 0 Å². The van der Waals surface area contributed by atoms with Gasteiger partial charge in [-0.25, -0.2) is 4.98 Å². The molecule has 2 N–H and O–H groups in total. The molecule has 102 valence electrons. The van der Waals surface area contributed by atoms with E-state index in [0.29, 0.717) is 5.92 Å². The van der Waals surface area contributed by atoms with Crippen LogP contribution in [0.4, 0.5) is 0 Å². The van der Waals surface area contributed by atoms with Gasteiger partial charge in [0.15, 0.2) is 0 Å². The van der Waals surface area contributed by atoms with Crippen molar-refractivity contribution in [3.8, 4) is 10.8 Å². The fourth-order valence-electron chi connectivity index (χ4n) is 2.56. The van der Waals surface area contributed by atoms with Crippen LogP contribution in [0.2, 0.25) is 0 Å². The standard InChI is InChI=1S/C14H19N3OS/c1-10(15)11-4-5-17(7-11)8-12-9-18-14(16-12)13-3-2-6-19-13/h2-3,6,9-11H,4-5,7-8,15H2,1H3. The van der Waals surface area contributed by atoms with Gasteiger partial charge in [-0.2, -0.15) is 0 Å². The van der Waals surface area contributed by atoms with E-state index in [9.17, 15) is 0 Å². The molecule has 1 aliphatic rings. The number of hydrogen-bond donors (Lipinski definition) is 1. The first-order valence-corrected chi connectivity index (χ1v) is 7.56. The van der Waals surface area contributed by atoms with Gasteiger partial charge >= 0.3 is 0 Å². The number of thiophene rings is 1. The van der Waals surface area contributed by atoms with Crippen molar-refractivity contribution in [3.63, 3.8) is 0 Å². The summed E-state index contributed by atoms with van der Waals surface area (Å²) in [6.07, 6.45) is 2.96. The Bertz CT molecular complexity index is 521. The minimum absolute atomic E-state index is 0.281. The van der Waals surface area contributed by atoms with Gasteiger partial charge < -0.3 is 10.2 Å². The summed E-state index contributed by atoms with van der Waals surface area (Å²) in [7, 11) is 0. The summed E-state index contributed by atoms with van der Waals surface area (Å²) < 4.78 is 5.54. The van der Waals surface area contributed by atoms with E-state index in [1.165, 1.54) is 6.42 Å². The molecule has 19 heavy (non-hydrogen) atoms. The second kappa shape index (κ2) is 5.45. The predicted molar refractivity (Wildman–Crippen MR) is 76.8 cm³/mol. The van der Waals surface area contributed by atoms with Crippen LogP contribution >= 0.6 is 11.3 Å².